The summed E-state index contributed by atoms with van der Waals surface area (Å²) in [4.78, 5) is 12.1. The summed E-state index contributed by atoms with van der Waals surface area (Å²) in [6, 6.07) is 2.94. The van der Waals surface area contributed by atoms with Crippen LogP contribution in [0.5, 0.6) is 0 Å². The molecule has 54 valence electrons. The second kappa shape index (κ2) is 5.49. The minimum absolute atomic E-state index is 0.954. The molecule has 2 amide bonds. The lowest BCUT2D eigenvalue weighted by molar-refractivity contribution is 0.255. The van der Waals surface area contributed by atoms with E-state index in [-0.39, 0.29) is 0 Å². The third-order valence-electron chi connectivity index (χ3n) is 0.606. The smallest absolute Gasteiger partial charge is 0.356 e. The Morgan fingerprint density at radius 3 is 2.00 bits per heavy atom. The van der Waals surface area contributed by atoms with Crippen LogP contribution in [-0.4, -0.2) is 11.0 Å². The molecular weight excluding hydrogens is 132 g/mol. The number of H-pyrrole nitrogens is 1. The van der Waals surface area contributed by atoms with Crippen LogP contribution in [0.1, 0.15) is 0 Å². The van der Waals surface area contributed by atoms with Gasteiger partial charge in [0, 0.05) is 12.4 Å². The first-order valence-corrected chi connectivity index (χ1v) is 2.52. The minimum Gasteiger partial charge on any atom is -0.368 e. The molecule has 0 saturated carbocycles. The highest BCUT2D eigenvalue weighted by Crippen LogP contribution is 1.72. The van der Waals surface area contributed by atoms with Gasteiger partial charge in [0.2, 0.25) is 0 Å². The van der Waals surface area contributed by atoms with Crippen LogP contribution in [0.2, 0.25) is 0 Å². The van der Waals surface area contributed by atoms with Gasteiger partial charge in [-0.25, -0.2) is 4.79 Å². The molecule has 0 radical (unpaired) electrons. The van der Waals surface area contributed by atoms with Crippen molar-refractivity contribution in [1.82, 2.24) is 4.98 Å². The topological polar surface area (TPSA) is 95.1 Å². The highest BCUT2D eigenvalue weighted by atomic mass is 16.2. The molecule has 0 atom stereocenters. The van der Waals surface area contributed by atoms with Crippen molar-refractivity contribution in [2.75, 3.05) is 0 Å². The molecule has 0 aliphatic carbocycles. The van der Waals surface area contributed by atoms with Crippen molar-refractivity contribution in [1.29, 1.82) is 5.53 Å². The molecule has 0 aliphatic rings. The molecule has 0 unspecified atom stereocenters. The maximum atomic E-state index is 9.24. The summed E-state index contributed by atoms with van der Waals surface area (Å²) in [5, 5.41) is 2.28. The highest BCUT2D eigenvalue weighted by Gasteiger charge is 1.73. The molecule has 10 heavy (non-hydrogen) atoms. The number of hydrogen-bond acceptors (Lipinski definition) is 2. The van der Waals surface area contributed by atoms with Crippen molar-refractivity contribution in [3.05, 3.63) is 24.5 Å². The van der Waals surface area contributed by atoms with E-state index in [2.05, 4.69) is 15.8 Å². The second-order valence-electron chi connectivity index (χ2n) is 1.33. The Hall–Kier alpha value is -1.65. The van der Waals surface area contributed by atoms with Gasteiger partial charge in [-0.15, -0.1) is 0 Å². The van der Waals surface area contributed by atoms with Gasteiger partial charge >= 0.3 is 6.03 Å². The number of aromatic nitrogens is 1. The van der Waals surface area contributed by atoms with E-state index < -0.39 is 6.03 Å². The minimum atomic E-state index is -0.954. The molecule has 1 aromatic rings. The average Bonchev–Trinajstić information content (AvgIpc) is 2.43. The molecule has 1 heterocycles. The van der Waals surface area contributed by atoms with Crippen LogP contribution in [0.3, 0.4) is 0 Å². The van der Waals surface area contributed by atoms with E-state index in [1.54, 1.807) is 0 Å². The van der Waals surface area contributed by atoms with E-state index in [1.807, 2.05) is 24.5 Å². The van der Waals surface area contributed by atoms with E-state index >= 15 is 0 Å². The van der Waals surface area contributed by atoms with Crippen molar-refractivity contribution >= 4 is 6.03 Å². The molecule has 0 aromatic carbocycles. The van der Waals surface area contributed by atoms with E-state index in [4.69, 9.17) is 5.53 Å². The molecule has 0 spiro atoms. The fourth-order valence-corrected chi connectivity index (χ4v) is 0.278. The normalized spacial score (nSPS) is 7.20. The summed E-state index contributed by atoms with van der Waals surface area (Å²) >= 11 is 0. The van der Waals surface area contributed by atoms with Crippen molar-refractivity contribution in [2.45, 2.75) is 0 Å². The summed E-state index contributed by atoms with van der Waals surface area (Å²) in [5.74, 6) is 0. The fourth-order valence-electron chi connectivity index (χ4n) is 0.278. The largest absolute Gasteiger partial charge is 0.368 e. The third-order valence-corrected chi connectivity index (χ3v) is 0.606. The molecule has 4 N–H and O–H groups in total. The van der Waals surface area contributed by atoms with Gasteiger partial charge in [-0.3, -0.25) is 0 Å². The number of nitrogens with one attached hydrogen (secondary N) is 2. The number of amides is 2. The number of hydrogen-bond donors (Lipinski definition) is 3. The zero-order valence-electron chi connectivity index (χ0n) is 5.24. The van der Waals surface area contributed by atoms with Crippen molar-refractivity contribution in [3.63, 3.8) is 0 Å². The zero-order valence-corrected chi connectivity index (χ0v) is 5.24. The SMILES string of the molecule is N=NC(N)=O.c1cc[nH]c1. The average molecular weight is 140 g/mol. The summed E-state index contributed by atoms with van der Waals surface area (Å²) in [5.41, 5.74) is 10.1. The lowest BCUT2D eigenvalue weighted by Gasteiger charge is -1.63. The quantitative estimate of drug-likeness (QED) is 0.462. The van der Waals surface area contributed by atoms with Gasteiger partial charge in [0.05, 0.1) is 0 Å². The van der Waals surface area contributed by atoms with Gasteiger partial charge < -0.3 is 10.7 Å². The van der Waals surface area contributed by atoms with Crippen LogP contribution >= 0.6 is 0 Å². The van der Waals surface area contributed by atoms with Crippen LogP contribution in [0.4, 0.5) is 4.79 Å². The first kappa shape index (κ1) is 8.35. The van der Waals surface area contributed by atoms with Crippen molar-refractivity contribution < 1.29 is 4.79 Å². The predicted octanol–water partition coefficient (Wildman–Crippen LogP) is 1.11. The van der Waals surface area contributed by atoms with Crippen LogP contribution in [0.25, 0.3) is 0 Å². The highest BCUT2D eigenvalue weighted by molar-refractivity contribution is 5.71. The predicted molar refractivity (Wildman–Crippen MR) is 35.5 cm³/mol. The van der Waals surface area contributed by atoms with E-state index in [9.17, 15) is 4.79 Å². The molecule has 0 fully saturated rings. The first-order valence-electron chi connectivity index (χ1n) is 2.52. The number of urea groups is 1. The molecule has 0 saturated heterocycles. The molecule has 5 heteroatoms. The number of rotatable bonds is 0. The molecular formula is C5H8N4O. The van der Waals surface area contributed by atoms with E-state index in [1.165, 1.54) is 0 Å². The standard InChI is InChI=1S/C4H5N.CH3N3O/c1-2-4-5-3-1;2-1(5)4-3/h1-5H;3H,(H2,2,5). The number of carbonyl (C=O) groups excluding carboxylic acids is 1. The second-order valence-corrected chi connectivity index (χ2v) is 1.33. The summed E-state index contributed by atoms with van der Waals surface area (Å²) in [6.45, 7) is 0. The Balaban J connectivity index is 0.000000162. The van der Waals surface area contributed by atoms with Crippen molar-refractivity contribution in [3.8, 4) is 0 Å². The van der Waals surface area contributed by atoms with Gasteiger partial charge in [-0.2, -0.15) is 5.53 Å². The number of carbonyl (C=O) groups is 1. The summed E-state index contributed by atoms with van der Waals surface area (Å²) < 4.78 is 0. The van der Waals surface area contributed by atoms with Crippen molar-refractivity contribution in [2.24, 2.45) is 10.8 Å². The Kier molecular flexibility index (Phi) is 4.58. The fraction of sp³-hybridized carbons (Fsp3) is 0. The van der Waals surface area contributed by atoms with Crippen LogP contribution in [0, 0.1) is 5.53 Å². The number of nitrogens with two attached hydrogens (primary N) is 1. The van der Waals surface area contributed by atoms with Crippen LogP contribution in [-0.2, 0) is 0 Å². The maximum Gasteiger partial charge on any atom is 0.356 e. The molecule has 0 bridgehead atoms. The Labute approximate surface area is 57.7 Å². The van der Waals surface area contributed by atoms with Gasteiger partial charge in [0.25, 0.3) is 0 Å². The molecule has 1 rings (SSSR count). The van der Waals surface area contributed by atoms with Crippen LogP contribution in [0.15, 0.2) is 29.6 Å². The Morgan fingerprint density at radius 2 is 1.90 bits per heavy atom. The number of nitrogens with zero attached hydrogens (tertiary/aromatic N) is 1. The Morgan fingerprint density at radius 1 is 1.50 bits per heavy atom. The van der Waals surface area contributed by atoms with E-state index in [0.717, 1.165) is 0 Å². The van der Waals surface area contributed by atoms with Gasteiger partial charge in [-0.1, -0.05) is 5.11 Å². The van der Waals surface area contributed by atoms with Gasteiger partial charge in [0.15, 0.2) is 0 Å². The van der Waals surface area contributed by atoms with Gasteiger partial charge in [0.1, 0.15) is 0 Å². The summed E-state index contributed by atoms with van der Waals surface area (Å²) in [7, 11) is 0. The van der Waals surface area contributed by atoms with Gasteiger partial charge in [-0.05, 0) is 12.1 Å². The first-order chi connectivity index (χ1) is 4.77. The lowest BCUT2D eigenvalue weighted by Crippen LogP contribution is -2.00. The summed E-state index contributed by atoms with van der Waals surface area (Å²) in [6.07, 6.45) is 3.75. The lowest BCUT2D eigenvalue weighted by atomic mass is 10.7. The van der Waals surface area contributed by atoms with E-state index in [0.29, 0.717) is 0 Å². The molecule has 0 aliphatic heterocycles. The van der Waals surface area contributed by atoms with Crippen LogP contribution < -0.4 is 5.73 Å². The third kappa shape index (κ3) is 6.35. The molecule has 1 aromatic heterocycles. The Bertz CT molecular complexity index is 164. The number of aromatic amines is 1. The monoisotopic (exact) mass is 140 g/mol. The zero-order chi connectivity index (χ0) is 7.82. The maximum absolute atomic E-state index is 9.24. The number of primary amides is 1. The molecule has 5 nitrogen and oxygen atoms in total.